The SMILES string of the molecule is [CH2][SH]1C=CC=C1c1noc(CO[Si](C)(C)C(C)(C)C)n1. The zero-order chi connectivity index (χ0) is 15.0. The van der Waals surface area contributed by atoms with Crippen molar-refractivity contribution in [2.45, 2.75) is 45.5 Å². The number of nitrogens with zero attached hydrogens (tertiary/aromatic N) is 2. The minimum Gasteiger partial charge on any atom is -0.407 e. The molecule has 0 amide bonds. The zero-order valence-electron chi connectivity index (χ0n) is 12.8. The van der Waals surface area contributed by atoms with Crippen molar-refractivity contribution in [2.24, 2.45) is 0 Å². The third-order valence-corrected chi connectivity index (χ3v) is 9.87. The fourth-order valence-corrected chi connectivity index (χ4v) is 3.49. The van der Waals surface area contributed by atoms with Gasteiger partial charge in [0.2, 0.25) is 5.82 Å². The van der Waals surface area contributed by atoms with Crippen LogP contribution >= 0.6 is 10.9 Å². The van der Waals surface area contributed by atoms with Crippen LogP contribution < -0.4 is 0 Å². The van der Waals surface area contributed by atoms with Gasteiger partial charge in [0.1, 0.15) is 6.61 Å². The lowest BCUT2D eigenvalue weighted by molar-refractivity contribution is 0.224. The molecule has 1 unspecified atom stereocenters. The number of rotatable bonds is 4. The van der Waals surface area contributed by atoms with Gasteiger partial charge >= 0.3 is 0 Å². The highest BCUT2D eigenvalue weighted by molar-refractivity contribution is 8.28. The van der Waals surface area contributed by atoms with Crippen molar-refractivity contribution in [3.63, 3.8) is 0 Å². The van der Waals surface area contributed by atoms with Gasteiger partial charge in [-0.05, 0) is 35.9 Å². The van der Waals surface area contributed by atoms with Crippen LogP contribution in [0, 0.1) is 6.26 Å². The summed E-state index contributed by atoms with van der Waals surface area (Å²) < 4.78 is 11.4. The average molecular weight is 312 g/mol. The van der Waals surface area contributed by atoms with Gasteiger partial charge in [-0.3, -0.25) is 0 Å². The predicted molar refractivity (Wildman–Crippen MR) is 87.7 cm³/mol. The van der Waals surface area contributed by atoms with E-state index in [0.717, 1.165) is 4.91 Å². The largest absolute Gasteiger partial charge is 0.407 e. The number of allylic oxidation sites excluding steroid dienone is 2. The minimum atomic E-state index is -1.79. The topological polar surface area (TPSA) is 48.2 Å². The van der Waals surface area contributed by atoms with E-state index >= 15 is 0 Å². The second-order valence-corrected chi connectivity index (χ2v) is 13.0. The van der Waals surface area contributed by atoms with E-state index in [9.17, 15) is 0 Å². The van der Waals surface area contributed by atoms with E-state index in [1.807, 2.05) is 12.2 Å². The van der Waals surface area contributed by atoms with E-state index in [0.29, 0.717) is 18.3 Å². The molecule has 0 aromatic carbocycles. The molecule has 0 N–H and O–H groups in total. The molecule has 6 heteroatoms. The molecule has 1 atom stereocenters. The van der Waals surface area contributed by atoms with Crippen molar-refractivity contribution in [3.05, 3.63) is 35.5 Å². The van der Waals surface area contributed by atoms with Crippen LogP contribution in [0.4, 0.5) is 0 Å². The fourth-order valence-electron chi connectivity index (χ4n) is 1.49. The summed E-state index contributed by atoms with van der Waals surface area (Å²) in [6.07, 6.45) is 8.08. The Balaban J connectivity index is 2.01. The maximum Gasteiger partial charge on any atom is 0.251 e. The molecule has 0 aliphatic carbocycles. The summed E-state index contributed by atoms with van der Waals surface area (Å²) in [5.41, 5.74) is 0. The average Bonchev–Trinajstić information content (AvgIpc) is 2.93. The Kier molecular flexibility index (Phi) is 4.27. The lowest BCUT2D eigenvalue weighted by atomic mass is 10.2. The molecule has 0 spiro atoms. The van der Waals surface area contributed by atoms with Crippen molar-refractivity contribution in [1.82, 2.24) is 10.1 Å². The summed E-state index contributed by atoms with van der Waals surface area (Å²) in [5.74, 6) is 1.19. The molecule has 111 valence electrons. The van der Waals surface area contributed by atoms with Crippen LogP contribution in [-0.4, -0.2) is 18.5 Å². The van der Waals surface area contributed by atoms with Crippen molar-refractivity contribution < 1.29 is 8.95 Å². The Labute approximate surface area is 124 Å². The molecule has 1 aliphatic heterocycles. The zero-order valence-corrected chi connectivity index (χ0v) is 14.7. The number of thiol groups is 1. The first-order chi connectivity index (χ1) is 9.21. The van der Waals surface area contributed by atoms with Crippen LogP contribution in [0.15, 0.2) is 22.1 Å². The Morgan fingerprint density at radius 3 is 2.65 bits per heavy atom. The quantitative estimate of drug-likeness (QED) is 0.667. The first kappa shape index (κ1) is 15.5. The highest BCUT2D eigenvalue weighted by Gasteiger charge is 2.37. The molecule has 2 rings (SSSR count). The lowest BCUT2D eigenvalue weighted by Gasteiger charge is -2.35. The van der Waals surface area contributed by atoms with Gasteiger partial charge in [0.25, 0.3) is 5.89 Å². The van der Waals surface area contributed by atoms with Gasteiger partial charge in [0, 0.05) is 4.91 Å². The standard InChI is InChI=1S/C14H23N2O2SSi/c1-14(2,3)20(5,6)17-10-12-15-13(16-18-12)11-8-7-9-19(11)4/h7-9,19H,4,10H2,1-3,5-6H3. The maximum atomic E-state index is 6.08. The smallest absolute Gasteiger partial charge is 0.251 e. The molecule has 1 aromatic heterocycles. The van der Waals surface area contributed by atoms with Gasteiger partial charge in [0.15, 0.2) is 8.32 Å². The monoisotopic (exact) mass is 311 g/mol. The molecule has 0 saturated heterocycles. The second kappa shape index (κ2) is 5.50. The highest BCUT2D eigenvalue weighted by atomic mass is 32.2. The van der Waals surface area contributed by atoms with Gasteiger partial charge < -0.3 is 8.95 Å². The number of hydrogen-bond donors (Lipinski definition) is 1. The van der Waals surface area contributed by atoms with Crippen molar-refractivity contribution in [3.8, 4) is 0 Å². The Morgan fingerprint density at radius 1 is 1.40 bits per heavy atom. The van der Waals surface area contributed by atoms with Crippen LogP contribution in [0.2, 0.25) is 18.1 Å². The van der Waals surface area contributed by atoms with Crippen molar-refractivity contribution in [2.75, 3.05) is 0 Å². The van der Waals surface area contributed by atoms with E-state index in [2.05, 4.69) is 55.7 Å². The van der Waals surface area contributed by atoms with Crippen molar-refractivity contribution in [1.29, 1.82) is 0 Å². The van der Waals surface area contributed by atoms with E-state index in [1.165, 1.54) is 0 Å². The van der Waals surface area contributed by atoms with Crippen LogP contribution in [0.5, 0.6) is 0 Å². The summed E-state index contributed by atoms with van der Waals surface area (Å²) in [6.45, 7) is 11.4. The molecule has 20 heavy (non-hydrogen) atoms. The van der Waals surface area contributed by atoms with Crippen LogP contribution in [0.1, 0.15) is 32.5 Å². The Morgan fingerprint density at radius 2 is 2.10 bits per heavy atom. The first-order valence-corrected chi connectivity index (χ1v) is 11.2. The van der Waals surface area contributed by atoms with Crippen LogP contribution in [-0.2, 0) is 11.0 Å². The third-order valence-electron chi connectivity index (χ3n) is 3.89. The molecule has 1 radical (unpaired) electrons. The summed E-state index contributed by atoms with van der Waals surface area (Å²) in [5, 5.41) is 6.28. The number of aromatic nitrogens is 2. The summed E-state index contributed by atoms with van der Waals surface area (Å²) in [4.78, 5) is 5.47. The van der Waals surface area contributed by atoms with E-state index in [4.69, 9.17) is 8.95 Å². The molecule has 1 aromatic rings. The lowest BCUT2D eigenvalue weighted by Crippen LogP contribution is -2.40. The van der Waals surface area contributed by atoms with Gasteiger partial charge in [-0.1, -0.05) is 32.0 Å². The second-order valence-electron chi connectivity index (χ2n) is 6.42. The van der Waals surface area contributed by atoms with E-state index in [-0.39, 0.29) is 5.04 Å². The fraction of sp³-hybridized carbons (Fsp3) is 0.500. The molecular formula is C14H23N2O2SSi. The van der Waals surface area contributed by atoms with Crippen LogP contribution in [0.3, 0.4) is 0 Å². The minimum absolute atomic E-state index is 0.176. The highest BCUT2D eigenvalue weighted by Crippen LogP contribution is 2.44. The third kappa shape index (κ3) is 3.24. The Hall–Kier alpha value is -0.853. The molecule has 4 nitrogen and oxygen atoms in total. The van der Waals surface area contributed by atoms with Gasteiger partial charge in [-0.15, -0.1) is 0 Å². The van der Waals surface area contributed by atoms with Gasteiger partial charge in [-0.25, -0.2) is 10.9 Å². The normalized spacial score (nSPS) is 21.3. The Bertz CT molecular complexity index is 544. The van der Waals surface area contributed by atoms with E-state index < -0.39 is 19.2 Å². The van der Waals surface area contributed by atoms with Gasteiger partial charge in [-0.2, -0.15) is 4.98 Å². The summed E-state index contributed by atoms with van der Waals surface area (Å²) >= 11 is 0. The molecular weight excluding hydrogens is 288 g/mol. The maximum absolute atomic E-state index is 6.08. The van der Waals surface area contributed by atoms with Crippen LogP contribution in [0.25, 0.3) is 4.91 Å². The van der Waals surface area contributed by atoms with Crippen molar-refractivity contribution >= 4 is 24.1 Å². The summed E-state index contributed by atoms with van der Waals surface area (Å²) in [6, 6.07) is 0. The predicted octanol–water partition coefficient (Wildman–Crippen LogP) is 4.25. The molecule has 1 aliphatic rings. The molecule has 0 bridgehead atoms. The number of hydrogen-bond acceptors (Lipinski definition) is 4. The van der Waals surface area contributed by atoms with Gasteiger partial charge in [0.05, 0.1) is 0 Å². The first-order valence-electron chi connectivity index (χ1n) is 6.66. The molecule has 0 fully saturated rings. The molecule has 2 heterocycles. The molecule has 0 saturated carbocycles. The summed E-state index contributed by atoms with van der Waals surface area (Å²) in [7, 11) is -2.31. The van der Waals surface area contributed by atoms with E-state index in [1.54, 1.807) is 0 Å².